The molecule has 8 nitrogen and oxygen atoms in total. The molecule has 0 bridgehead atoms. The van der Waals surface area contributed by atoms with Crippen LogP contribution in [0.15, 0.2) is 48.3 Å². The van der Waals surface area contributed by atoms with Crippen LogP contribution in [0.5, 0.6) is 5.75 Å². The van der Waals surface area contributed by atoms with Crippen molar-refractivity contribution < 1.29 is 24.2 Å². The topological polar surface area (TPSA) is 92.2 Å². The molecule has 1 N–H and O–H groups in total. The van der Waals surface area contributed by atoms with E-state index in [-0.39, 0.29) is 11.3 Å². The van der Waals surface area contributed by atoms with Gasteiger partial charge in [0.25, 0.3) is 11.7 Å². The van der Waals surface area contributed by atoms with Crippen LogP contribution in [0.25, 0.3) is 5.76 Å². The number of nitrogens with zero attached hydrogens (tertiary/aromatic N) is 3. The molecule has 2 aromatic rings. The smallest absolute Gasteiger partial charge is 0.295 e. The molecule has 36 heavy (non-hydrogen) atoms. The van der Waals surface area contributed by atoms with Gasteiger partial charge in [-0.1, -0.05) is 13.3 Å². The Labute approximate surface area is 212 Å². The first-order valence-electron chi connectivity index (χ1n) is 12.7. The number of hydrogen-bond donors (Lipinski definition) is 1. The Morgan fingerprint density at radius 2 is 1.86 bits per heavy atom. The Balaban J connectivity index is 1.62. The van der Waals surface area contributed by atoms with Crippen LogP contribution in [-0.4, -0.2) is 77.6 Å². The molecule has 4 rings (SSSR count). The van der Waals surface area contributed by atoms with Crippen LogP contribution in [0.3, 0.4) is 0 Å². The summed E-state index contributed by atoms with van der Waals surface area (Å²) < 4.78 is 11.2. The number of amides is 1. The van der Waals surface area contributed by atoms with Gasteiger partial charge in [-0.05, 0) is 61.2 Å². The van der Waals surface area contributed by atoms with Crippen LogP contribution in [0.4, 0.5) is 0 Å². The lowest BCUT2D eigenvalue weighted by molar-refractivity contribution is -0.140. The van der Waals surface area contributed by atoms with Gasteiger partial charge in [-0.2, -0.15) is 0 Å². The number of morpholine rings is 1. The first-order valence-corrected chi connectivity index (χ1v) is 12.7. The number of carbonyl (C=O) groups excluding carboxylic acids is 2. The Kier molecular flexibility index (Phi) is 8.72. The fourth-order valence-corrected chi connectivity index (χ4v) is 4.76. The number of ketones is 1. The summed E-state index contributed by atoms with van der Waals surface area (Å²) >= 11 is 0. The fraction of sp³-hybridized carbons (Fsp3) is 0.464. The Hall–Kier alpha value is -3.23. The first-order chi connectivity index (χ1) is 17.5. The molecule has 0 saturated carbocycles. The summed E-state index contributed by atoms with van der Waals surface area (Å²) in [5.74, 6) is -0.698. The Morgan fingerprint density at radius 3 is 2.56 bits per heavy atom. The van der Waals surface area contributed by atoms with Gasteiger partial charge in [-0.15, -0.1) is 0 Å². The van der Waals surface area contributed by atoms with E-state index in [9.17, 15) is 14.7 Å². The van der Waals surface area contributed by atoms with Gasteiger partial charge in [-0.3, -0.25) is 19.5 Å². The SMILES string of the molecule is CCCCOc1ccc(/C(O)=C2\C(=O)C(=O)N(CCCN3CCOCC3)[C@@H]2c2ccncc2)c(C)c1. The van der Waals surface area contributed by atoms with Crippen molar-refractivity contribution in [1.29, 1.82) is 0 Å². The lowest BCUT2D eigenvalue weighted by Gasteiger charge is -2.29. The number of unbranched alkanes of at least 4 members (excludes halogenated alkanes) is 1. The maximum absolute atomic E-state index is 13.3. The lowest BCUT2D eigenvalue weighted by Crippen LogP contribution is -2.38. The van der Waals surface area contributed by atoms with Crippen molar-refractivity contribution in [3.8, 4) is 5.75 Å². The van der Waals surface area contributed by atoms with Crippen molar-refractivity contribution in [2.75, 3.05) is 46.0 Å². The van der Waals surface area contributed by atoms with E-state index in [0.29, 0.717) is 37.7 Å². The summed E-state index contributed by atoms with van der Waals surface area (Å²) in [4.78, 5) is 34.4. The van der Waals surface area contributed by atoms with E-state index in [4.69, 9.17) is 9.47 Å². The average molecular weight is 494 g/mol. The van der Waals surface area contributed by atoms with Crippen LogP contribution >= 0.6 is 0 Å². The molecule has 1 atom stereocenters. The van der Waals surface area contributed by atoms with Crippen molar-refractivity contribution in [1.82, 2.24) is 14.8 Å². The quantitative estimate of drug-likeness (QED) is 0.233. The summed E-state index contributed by atoms with van der Waals surface area (Å²) in [6.45, 7) is 8.97. The number of likely N-dealkylation sites (tertiary alicyclic amines) is 1. The van der Waals surface area contributed by atoms with E-state index >= 15 is 0 Å². The second-order valence-corrected chi connectivity index (χ2v) is 9.26. The van der Waals surface area contributed by atoms with Crippen molar-refractivity contribution in [3.05, 3.63) is 65.0 Å². The predicted molar refractivity (Wildman–Crippen MR) is 137 cm³/mol. The number of aromatic nitrogens is 1. The molecule has 0 unspecified atom stereocenters. The van der Waals surface area contributed by atoms with Crippen LogP contribution in [0.2, 0.25) is 0 Å². The summed E-state index contributed by atoms with van der Waals surface area (Å²) in [6.07, 6.45) is 5.99. The Morgan fingerprint density at radius 1 is 1.11 bits per heavy atom. The number of hydrogen-bond acceptors (Lipinski definition) is 7. The molecule has 1 aromatic heterocycles. The molecule has 2 aliphatic rings. The molecule has 3 heterocycles. The zero-order valence-electron chi connectivity index (χ0n) is 21.1. The molecule has 192 valence electrons. The van der Waals surface area contributed by atoms with Crippen LogP contribution in [-0.2, 0) is 14.3 Å². The van der Waals surface area contributed by atoms with Crippen molar-refractivity contribution in [2.45, 2.75) is 39.2 Å². The molecule has 0 spiro atoms. The molecule has 2 aliphatic heterocycles. The van der Waals surface area contributed by atoms with E-state index in [1.807, 2.05) is 13.0 Å². The van der Waals surface area contributed by atoms with Gasteiger partial charge in [0.05, 0.1) is 31.4 Å². The fourth-order valence-electron chi connectivity index (χ4n) is 4.76. The second-order valence-electron chi connectivity index (χ2n) is 9.26. The monoisotopic (exact) mass is 493 g/mol. The van der Waals surface area contributed by atoms with Crippen LogP contribution in [0, 0.1) is 6.92 Å². The van der Waals surface area contributed by atoms with Gasteiger partial charge >= 0.3 is 0 Å². The number of aliphatic hydroxyl groups excluding tert-OH is 1. The third-order valence-electron chi connectivity index (χ3n) is 6.76. The van der Waals surface area contributed by atoms with Crippen LogP contribution < -0.4 is 4.74 Å². The number of carbonyl (C=O) groups is 2. The van der Waals surface area contributed by atoms with Crippen molar-refractivity contribution in [3.63, 3.8) is 0 Å². The van der Waals surface area contributed by atoms with Gasteiger partial charge in [0.1, 0.15) is 11.5 Å². The molecular formula is C28H35N3O5. The molecule has 0 radical (unpaired) electrons. The molecule has 1 aromatic carbocycles. The minimum Gasteiger partial charge on any atom is -0.507 e. The molecule has 0 aliphatic carbocycles. The van der Waals surface area contributed by atoms with Crippen LogP contribution in [0.1, 0.15) is 48.9 Å². The van der Waals surface area contributed by atoms with E-state index in [0.717, 1.165) is 50.0 Å². The Bertz CT molecular complexity index is 1100. The van der Waals surface area contributed by atoms with E-state index < -0.39 is 17.7 Å². The second kappa shape index (κ2) is 12.1. The van der Waals surface area contributed by atoms with Gasteiger partial charge in [-0.25, -0.2) is 0 Å². The van der Waals surface area contributed by atoms with Gasteiger partial charge < -0.3 is 19.5 Å². The third kappa shape index (κ3) is 5.77. The minimum atomic E-state index is -0.669. The van der Waals surface area contributed by atoms with Gasteiger partial charge in [0, 0.05) is 44.1 Å². The number of ether oxygens (including phenoxy) is 2. The number of pyridine rings is 1. The number of aryl methyl sites for hydroxylation is 1. The van der Waals surface area contributed by atoms with E-state index in [1.54, 1.807) is 41.6 Å². The summed E-state index contributed by atoms with van der Waals surface area (Å²) in [5.41, 5.74) is 2.14. The molecule has 2 saturated heterocycles. The van der Waals surface area contributed by atoms with Crippen molar-refractivity contribution >= 4 is 17.4 Å². The molecule has 1 amide bonds. The van der Waals surface area contributed by atoms with Gasteiger partial charge in [0.15, 0.2) is 0 Å². The van der Waals surface area contributed by atoms with Gasteiger partial charge in [0.2, 0.25) is 0 Å². The number of aliphatic hydroxyl groups is 1. The van der Waals surface area contributed by atoms with Crippen molar-refractivity contribution in [2.24, 2.45) is 0 Å². The number of Topliss-reactive ketones (excluding diaryl/α,β-unsaturated/α-hetero) is 1. The highest BCUT2D eigenvalue weighted by molar-refractivity contribution is 6.46. The molecular weight excluding hydrogens is 458 g/mol. The lowest BCUT2D eigenvalue weighted by atomic mass is 9.94. The predicted octanol–water partition coefficient (Wildman–Crippen LogP) is 3.71. The summed E-state index contributed by atoms with van der Waals surface area (Å²) in [7, 11) is 0. The highest BCUT2D eigenvalue weighted by Gasteiger charge is 2.46. The van der Waals surface area contributed by atoms with E-state index in [2.05, 4.69) is 16.8 Å². The summed E-state index contributed by atoms with van der Waals surface area (Å²) in [6, 6.07) is 8.30. The maximum atomic E-state index is 13.3. The normalized spacial score (nSPS) is 20.2. The zero-order chi connectivity index (χ0) is 25.5. The number of rotatable bonds is 10. The molecule has 8 heteroatoms. The number of benzene rings is 1. The highest BCUT2D eigenvalue weighted by Crippen LogP contribution is 2.40. The standard InChI is InChI=1S/C28H35N3O5/c1-3-4-16-36-22-6-7-23(20(2)19-22)26(32)24-25(21-8-10-29-11-9-21)31(28(34)27(24)33)13-5-12-30-14-17-35-18-15-30/h6-11,19,25,32H,3-5,12-18H2,1-2H3/b26-24+/t25-/m1/s1. The minimum absolute atomic E-state index is 0.111. The average Bonchev–Trinajstić information content (AvgIpc) is 3.15. The maximum Gasteiger partial charge on any atom is 0.295 e. The summed E-state index contributed by atoms with van der Waals surface area (Å²) in [5, 5.41) is 11.4. The highest BCUT2D eigenvalue weighted by atomic mass is 16.5. The third-order valence-corrected chi connectivity index (χ3v) is 6.76. The molecule has 2 fully saturated rings. The van der Waals surface area contributed by atoms with E-state index in [1.165, 1.54) is 0 Å². The first kappa shape index (κ1) is 25.9. The largest absolute Gasteiger partial charge is 0.507 e. The zero-order valence-corrected chi connectivity index (χ0v) is 21.1.